The number of alkyl halides is 2. The van der Waals surface area contributed by atoms with Gasteiger partial charge in [0, 0.05) is 44.0 Å². The number of aromatic amines is 1. The van der Waals surface area contributed by atoms with Crippen molar-refractivity contribution in [3.63, 3.8) is 0 Å². The Morgan fingerprint density at radius 1 is 1.17 bits per heavy atom. The zero-order chi connectivity index (χ0) is 21.7. The predicted molar refractivity (Wildman–Crippen MR) is 109 cm³/mol. The van der Waals surface area contributed by atoms with Gasteiger partial charge in [0.25, 0.3) is 0 Å². The van der Waals surface area contributed by atoms with Gasteiger partial charge >= 0.3 is 6.61 Å². The second kappa shape index (κ2) is 9.39. The van der Waals surface area contributed by atoms with Crippen molar-refractivity contribution >= 4 is 22.7 Å². The molecule has 2 N–H and O–H groups in total. The first kappa shape index (κ1) is 21.3. The maximum Gasteiger partial charge on any atom is 0.387 e. The molecule has 2 amide bonds. The molecule has 0 bridgehead atoms. The summed E-state index contributed by atoms with van der Waals surface area (Å²) >= 11 is 0. The summed E-state index contributed by atoms with van der Waals surface area (Å²) in [7, 11) is 1.60. The summed E-state index contributed by atoms with van der Waals surface area (Å²) in [5.74, 6) is -0.565. The van der Waals surface area contributed by atoms with Crippen LogP contribution in [0.2, 0.25) is 0 Å². The fourth-order valence-corrected chi connectivity index (χ4v) is 3.40. The Labute approximate surface area is 172 Å². The van der Waals surface area contributed by atoms with Crippen molar-refractivity contribution in [1.82, 2.24) is 15.2 Å². The molecule has 158 valence electrons. The van der Waals surface area contributed by atoms with Crippen LogP contribution in [0.1, 0.15) is 18.1 Å². The highest BCUT2D eigenvalue weighted by Gasteiger charge is 2.24. The highest BCUT2D eigenvalue weighted by atomic mass is 19.3. The molecule has 0 aliphatic carbocycles. The molecule has 3 rings (SSSR count). The molecule has 0 spiro atoms. The maximum absolute atomic E-state index is 13.1. The van der Waals surface area contributed by atoms with Crippen molar-refractivity contribution in [3.8, 4) is 5.75 Å². The van der Waals surface area contributed by atoms with Crippen molar-refractivity contribution in [2.75, 3.05) is 7.05 Å². The normalized spacial score (nSPS) is 12.0. The minimum Gasteiger partial charge on any atom is -0.435 e. The van der Waals surface area contributed by atoms with Gasteiger partial charge in [-0.1, -0.05) is 30.3 Å². The number of hydrogen-bond donors (Lipinski definition) is 2. The van der Waals surface area contributed by atoms with Crippen LogP contribution >= 0.6 is 0 Å². The Hall–Kier alpha value is -3.42. The lowest BCUT2D eigenvalue weighted by Crippen LogP contribution is -2.47. The van der Waals surface area contributed by atoms with Gasteiger partial charge < -0.3 is 19.9 Å². The number of carbonyl (C=O) groups is 2. The summed E-state index contributed by atoms with van der Waals surface area (Å²) in [5, 5.41) is 3.71. The standard InChI is InChI=1S/C22H23F2N3O3/c1-14(28)26-20(11-16-12-25-19-9-4-3-8-18(16)19)21(29)27(2)13-15-6-5-7-17(10-15)30-22(23)24/h3-10,12,20,22,25H,11,13H2,1-2H3,(H,26,28). The number of carbonyl (C=O) groups excluding carboxylic acids is 2. The lowest BCUT2D eigenvalue weighted by Gasteiger charge is -2.24. The molecule has 30 heavy (non-hydrogen) atoms. The van der Waals surface area contributed by atoms with E-state index < -0.39 is 12.7 Å². The molecule has 0 fully saturated rings. The molecule has 0 radical (unpaired) electrons. The summed E-state index contributed by atoms with van der Waals surface area (Å²) < 4.78 is 29.3. The molecule has 8 heteroatoms. The molecular formula is C22H23F2N3O3. The van der Waals surface area contributed by atoms with Crippen LogP contribution in [-0.4, -0.2) is 41.4 Å². The van der Waals surface area contributed by atoms with Gasteiger partial charge in [-0.15, -0.1) is 0 Å². The summed E-state index contributed by atoms with van der Waals surface area (Å²) in [6, 6.07) is 13.2. The van der Waals surface area contributed by atoms with Gasteiger partial charge in [-0.3, -0.25) is 9.59 Å². The Kier molecular flexibility index (Phi) is 6.66. The Morgan fingerprint density at radius 2 is 1.93 bits per heavy atom. The largest absolute Gasteiger partial charge is 0.435 e. The van der Waals surface area contributed by atoms with Crippen LogP contribution in [0.4, 0.5) is 8.78 Å². The number of H-pyrrole nitrogens is 1. The van der Waals surface area contributed by atoms with Crippen LogP contribution in [0.5, 0.6) is 5.75 Å². The van der Waals surface area contributed by atoms with Gasteiger partial charge in [-0.05, 0) is 29.3 Å². The number of nitrogens with one attached hydrogen (secondary N) is 2. The molecule has 1 atom stereocenters. The molecule has 2 aromatic carbocycles. The van der Waals surface area contributed by atoms with E-state index in [0.29, 0.717) is 12.0 Å². The minimum atomic E-state index is -2.92. The van der Waals surface area contributed by atoms with Crippen molar-refractivity contribution in [3.05, 3.63) is 65.9 Å². The van der Waals surface area contributed by atoms with Crippen LogP contribution in [-0.2, 0) is 22.6 Å². The summed E-state index contributed by atoms with van der Waals surface area (Å²) in [6.07, 6.45) is 2.15. The molecule has 0 aliphatic rings. The number of likely N-dealkylation sites (N-methyl/N-ethyl adjacent to an activating group) is 1. The van der Waals surface area contributed by atoms with E-state index in [9.17, 15) is 18.4 Å². The third-order valence-corrected chi connectivity index (χ3v) is 4.69. The topological polar surface area (TPSA) is 74.4 Å². The molecule has 0 saturated carbocycles. The number of benzene rings is 2. The van der Waals surface area contributed by atoms with E-state index in [4.69, 9.17) is 0 Å². The van der Waals surface area contributed by atoms with Crippen molar-refractivity contribution in [2.45, 2.75) is 32.5 Å². The van der Waals surface area contributed by atoms with E-state index in [1.165, 1.54) is 24.0 Å². The van der Waals surface area contributed by atoms with Crippen LogP contribution < -0.4 is 10.1 Å². The molecule has 1 unspecified atom stereocenters. The molecule has 1 aromatic heterocycles. The SMILES string of the molecule is CC(=O)NC(Cc1c[nH]c2ccccc12)C(=O)N(C)Cc1cccc(OC(F)F)c1. The van der Waals surface area contributed by atoms with E-state index in [-0.39, 0.29) is 24.1 Å². The van der Waals surface area contributed by atoms with Gasteiger partial charge in [-0.2, -0.15) is 8.78 Å². The molecule has 0 saturated heterocycles. The lowest BCUT2D eigenvalue weighted by molar-refractivity contribution is -0.135. The number of ether oxygens (including phenoxy) is 1. The maximum atomic E-state index is 13.1. The van der Waals surface area contributed by atoms with Crippen LogP contribution in [0.15, 0.2) is 54.7 Å². The highest BCUT2D eigenvalue weighted by Crippen LogP contribution is 2.21. The van der Waals surface area contributed by atoms with Crippen LogP contribution in [0, 0.1) is 0 Å². The number of aromatic nitrogens is 1. The monoisotopic (exact) mass is 415 g/mol. The fourth-order valence-electron chi connectivity index (χ4n) is 3.40. The summed E-state index contributed by atoms with van der Waals surface area (Å²) in [4.78, 5) is 29.4. The van der Waals surface area contributed by atoms with Crippen molar-refractivity contribution in [1.29, 1.82) is 0 Å². The number of rotatable bonds is 8. The first-order valence-corrected chi connectivity index (χ1v) is 9.44. The van der Waals surface area contributed by atoms with E-state index in [0.717, 1.165) is 16.5 Å². The van der Waals surface area contributed by atoms with Crippen LogP contribution in [0.3, 0.4) is 0 Å². The third kappa shape index (κ3) is 5.34. The van der Waals surface area contributed by atoms with Crippen molar-refractivity contribution in [2.24, 2.45) is 0 Å². The number of para-hydroxylation sites is 1. The van der Waals surface area contributed by atoms with Gasteiger partial charge in [0.15, 0.2) is 0 Å². The average molecular weight is 415 g/mol. The number of fused-ring (bicyclic) bond motifs is 1. The first-order valence-electron chi connectivity index (χ1n) is 9.44. The Bertz CT molecular complexity index is 1040. The predicted octanol–water partition coefficient (Wildman–Crippen LogP) is 3.48. The highest BCUT2D eigenvalue weighted by molar-refractivity contribution is 5.89. The van der Waals surface area contributed by atoms with Crippen molar-refractivity contribution < 1.29 is 23.1 Å². The number of halogens is 2. The van der Waals surface area contributed by atoms with Gasteiger partial charge in [0.05, 0.1) is 0 Å². The molecule has 3 aromatic rings. The zero-order valence-corrected chi connectivity index (χ0v) is 16.7. The molecule has 1 heterocycles. The third-order valence-electron chi connectivity index (χ3n) is 4.69. The second-order valence-corrected chi connectivity index (χ2v) is 7.04. The fraction of sp³-hybridized carbons (Fsp3) is 0.273. The average Bonchev–Trinajstić information content (AvgIpc) is 3.09. The lowest BCUT2D eigenvalue weighted by atomic mass is 10.0. The van der Waals surface area contributed by atoms with E-state index in [1.54, 1.807) is 19.2 Å². The van der Waals surface area contributed by atoms with Gasteiger partial charge in [0.1, 0.15) is 11.8 Å². The summed E-state index contributed by atoms with van der Waals surface area (Å²) in [5.41, 5.74) is 2.50. The number of amides is 2. The first-order chi connectivity index (χ1) is 14.3. The summed E-state index contributed by atoms with van der Waals surface area (Å²) in [6.45, 7) is -1.37. The van der Waals surface area contributed by atoms with E-state index in [1.807, 2.05) is 30.5 Å². The zero-order valence-electron chi connectivity index (χ0n) is 16.7. The quantitative estimate of drug-likeness (QED) is 0.592. The Balaban J connectivity index is 1.75. The van der Waals surface area contributed by atoms with E-state index in [2.05, 4.69) is 15.0 Å². The molecular weight excluding hydrogens is 392 g/mol. The minimum absolute atomic E-state index is 0.0283. The van der Waals surface area contributed by atoms with Crippen LogP contribution in [0.25, 0.3) is 10.9 Å². The second-order valence-electron chi connectivity index (χ2n) is 7.04. The molecule has 0 aliphatic heterocycles. The smallest absolute Gasteiger partial charge is 0.387 e. The number of hydrogen-bond acceptors (Lipinski definition) is 3. The number of nitrogens with zero attached hydrogens (tertiary/aromatic N) is 1. The Morgan fingerprint density at radius 3 is 2.67 bits per heavy atom. The van der Waals surface area contributed by atoms with Gasteiger partial charge in [-0.25, -0.2) is 0 Å². The molecule has 6 nitrogen and oxygen atoms in total. The van der Waals surface area contributed by atoms with Gasteiger partial charge in [0.2, 0.25) is 11.8 Å². The van der Waals surface area contributed by atoms with E-state index >= 15 is 0 Å².